The first-order valence-electron chi connectivity index (χ1n) is 14.2. The van der Waals surface area contributed by atoms with Gasteiger partial charge in [-0.3, -0.25) is 29.1 Å². The zero-order valence-corrected chi connectivity index (χ0v) is 25.4. The Morgan fingerprint density at radius 3 is 2.31 bits per heavy atom. The number of carbonyl (C=O) groups excluding carboxylic acids is 4. The van der Waals surface area contributed by atoms with Crippen molar-refractivity contribution in [3.8, 4) is 11.5 Å². The van der Waals surface area contributed by atoms with E-state index in [-0.39, 0.29) is 12.1 Å². The molecule has 3 amide bonds. The number of carbonyl (C=O) groups is 4. The number of anilines is 3. The van der Waals surface area contributed by atoms with Gasteiger partial charge in [-0.1, -0.05) is 24.3 Å². The Kier molecular flexibility index (Phi) is 9.08. The van der Waals surface area contributed by atoms with E-state index in [4.69, 9.17) is 9.47 Å². The molecule has 2 heterocycles. The van der Waals surface area contributed by atoms with E-state index in [1.54, 1.807) is 79.1 Å². The Morgan fingerprint density at radius 1 is 0.911 bits per heavy atom. The van der Waals surface area contributed by atoms with Crippen molar-refractivity contribution in [3.63, 3.8) is 0 Å². The van der Waals surface area contributed by atoms with Gasteiger partial charge in [0.15, 0.2) is 11.5 Å². The zero-order chi connectivity index (χ0) is 32.1. The highest BCUT2D eigenvalue weighted by molar-refractivity contribution is 6.52. The van der Waals surface area contributed by atoms with E-state index in [0.717, 1.165) is 10.6 Å². The summed E-state index contributed by atoms with van der Waals surface area (Å²) in [7, 11) is 6.82. The van der Waals surface area contributed by atoms with Crippen LogP contribution < -0.4 is 24.6 Å². The summed E-state index contributed by atoms with van der Waals surface area (Å²) in [6.45, 7) is -0.479. The summed E-state index contributed by atoms with van der Waals surface area (Å²) >= 11 is 0. The van der Waals surface area contributed by atoms with Crippen LogP contribution >= 0.6 is 0 Å². The Balaban J connectivity index is 1.57. The number of hydrogen-bond donors (Lipinski definition) is 1. The summed E-state index contributed by atoms with van der Waals surface area (Å²) in [6.07, 6.45) is 3.21. The van der Waals surface area contributed by atoms with Crippen molar-refractivity contribution in [3.05, 3.63) is 108 Å². The summed E-state index contributed by atoms with van der Waals surface area (Å²) in [5.74, 6) is -1.74. The maximum atomic E-state index is 14.3. The second kappa shape index (κ2) is 13.3. The molecule has 0 saturated carbocycles. The largest absolute Gasteiger partial charge is 0.493 e. The molecule has 0 unspecified atom stereocenters. The van der Waals surface area contributed by atoms with Crippen LogP contribution in [0.2, 0.25) is 0 Å². The molecule has 5 rings (SSSR count). The van der Waals surface area contributed by atoms with Crippen LogP contribution in [0, 0.1) is 0 Å². The fraction of sp³-hybridized carbons (Fsp3) is 0.206. The molecular weight excluding hydrogens is 574 g/mol. The average molecular weight is 608 g/mol. The van der Waals surface area contributed by atoms with Crippen molar-refractivity contribution in [2.75, 3.05) is 50.0 Å². The number of nitrogens with one attached hydrogen (secondary N) is 1. The number of fused-ring (bicyclic) bond motifs is 1. The Bertz CT molecular complexity index is 1730. The smallest absolute Gasteiger partial charge is 0.299 e. The first-order chi connectivity index (χ1) is 21.7. The Labute approximate surface area is 261 Å². The molecule has 1 aliphatic heterocycles. The fourth-order valence-electron chi connectivity index (χ4n) is 5.19. The van der Waals surface area contributed by atoms with Gasteiger partial charge in [0, 0.05) is 44.4 Å². The van der Waals surface area contributed by atoms with Gasteiger partial charge in [0.2, 0.25) is 5.91 Å². The number of pyridine rings is 1. The normalized spacial score (nSPS) is 12.8. The van der Waals surface area contributed by atoms with Gasteiger partial charge in [0.05, 0.1) is 25.5 Å². The molecule has 1 N–H and O–H groups in total. The lowest BCUT2D eigenvalue weighted by Crippen LogP contribution is -2.46. The van der Waals surface area contributed by atoms with Gasteiger partial charge >= 0.3 is 0 Å². The number of methoxy groups -OCH3 is 2. The van der Waals surface area contributed by atoms with Gasteiger partial charge in [-0.25, -0.2) is 0 Å². The third-order valence-corrected chi connectivity index (χ3v) is 7.50. The number of aromatic nitrogens is 1. The standard InChI is InChI=1S/C34H33N5O6/c1-37(2)25-14-12-24(13-15-25)36-33(42)31(23-11-16-28(44-3)29(18-23)45-4)39(20-22-8-7-17-35-19-22)30(40)21-38-27-10-6-5-9-26(27)32(41)34(38)43/h5-19,31H,20-21H2,1-4H3,(H,36,42)/t31-/m0/s1. The van der Waals surface area contributed by atoms with Crippen LogP contribution in [0.5, 0.6) is 11.5 Å². The zero-order valence-electron chi connectivity index (χ0n) is 25.4. The van der Waals surface area contributed by atoms with Gasteiger partial charge in [-0.15, -0.1) is 0 Å². The van der Waals surface area contributed by atoms with E-state index in [1.807, 2.05) is 31.1 Å². The number of ketones is 1. The van der Waals surface area contributed by atoms with Crippen molar-refractivity contribution in [2.45, 2.75) is 12.6 Å². The highest BCUT2D eigenvalue weighted by atomic mass is 16.5. The molecule has 11 nitrogen and oxygen atoms in total. The molecule has 1 atom stereocenters. The number of nitrogens with zero attached hydrogens (tertiary/aromatic N) is 4. The van der Waals surface area contributed by atoms with Crippen LogP contribution in [0.15, 0.2) is 91.3 Å². The van der Waals surface area contributed by atoms with Crippen molar-refractivity contribution in [1.29, 1.82) is 0 Å². The molecule has 0 spiro atoms. The van der Waals surface area contributed by atoms with E-state index in [0.29, 0.717) is 34.0 Å². The van der Waals surface area contributed by atoms with E-state index in [2.05, 4.69) is 10.3 Å². The summed E-state index contributed by atoms with van der Waals surface area (Å²) in [5, 5.41) is 2.95. The topological polar surface area (TPSA) is 121 Å². The van der Waals surface area contributed by atoms with Crippen LogP contribution in [0.3, 0.4) is 0 Å². The number of ether oxygens (including phenoxy) is 2. The SMILES string of the molecule is COc1ccc([C@@H](C(=O)Nc2ccc(N(C)C)cc2)N(Cc2cccnc2)C(=O)CN2C(=O)C(=O)c3ccccc32)cc1OC. The molecule has 4 aromatic rings. The first-order valence-corrected chi connectivity index (χ1v) is 14.2. The summed E-state index contributed by atoms with van der Waals surface area (Å²) in [5.41, 5.74) is 3.14. The molecule has 0 aliphatic carbocycles. The van der Waals surface area contributed by atoms with Gasteiger partial charge in [-0.2, -0.15) is 0 Å². The average Bonchev–Trinajstić information content (AvgIpc) is 3.29. The van der Waals surface area contributed by atoms with Gasteiger partial charge in [0.25, 0.3) is 17.6 Å². The Hall–Kier alpha value is -5.71. The molecule has 1 aromatic heterocycles. The number of benzene rings is 3. The highest BCUT2D eigenvalue weighted by Gasteiger charge is 2.39. The van der Waals surface area contributed by atoms with E-state index < -0.39 is 36.1 Å². The molecule has 0 bridgehead atoms. The minimum atomic E-state index is -1.19. The highest BCUT2D eigenvalue weighted by Crippen LogP contribution is 2.35. The molecule has 0 radical (unpaired) electrons. The van der Waals surface area contributed by atoms with Crippen molar-refractivity contribution in [2.24, 2.45) is 0 Å². The lowest BCUT2D eigenvalue weighted by Gasteiger charge is -2.33. The third-order valence-electron chi connectivity index (χ3n) is 7.50. The second-order valence-corrected chi connectivity index (χ2v) is 10.6. The van der Waals surface area contributed by atoms with Gasteiger partial charge in [-0.05, 0) is 65.7 Å². The molecule has 1 aliphatic rings. The molecule has 0 saturated heterocycles. The predicted molar refractivity (Wildman–Crippen MR) is 170 cm³/mol. The van der Waals surface area contributed by atoms with Crippen LogP contribution in [-0.4, -0.2) is 68.2 Å². The molecule has 230 valence electrons. The maximum absolute atomic E-state index is 14.3. The van der Waals surface area contributed by atoms with Gasteiger partial charge < -0.3 is 24.6 Å². The van der Waals surface area contributed by atoms with Crippen LogP contribution in [0.25, 0.3) is 0 Å². The number of para-hydroxylation sites is 1. The molecular formula is C34H33N5O6. The van der Waals surface area contributed by atoms with Crippen molar-refractivity contribution >= 4 is 40.6 Å². The molecule has 0 fully saturated rings. The number of Topliss-reactive ketones (excluding diaryl/α,β-unsaturated/α-hetero) is 1. The van der Waals surface area contributed by atoms with Gasteiger partial charge in [0.1, 0.15) is 12.6 Å². The van der Waals surface area contributed by atoms with Crippen molar-refractivity contribution < 1.29 is 28.7 Å². The summed E-state index contributed by atoms with van der Waals surface area (Å²) in [4.78, 5) is 62.9. The summed E-state index contributed by atoms with van der Waals surface area (Å²) < 4.78 is 10.9. The second-order valence-electron chi connectivity index (χ2n) is 10.6. The van der Waals surface area contributed by atoms with Crippen LogP contribution in [0.1, 0.15) is 27.5 Å². The first kappa shape index (κ1) is 30.7. The Morgan fingerprint density at radius 2 is 1.64 bits per heavy atom. The summed E-state index contributed by atoms with van der Waals surface area (Å²) in [6, 6.07) is 21.1. The van der Waals surface area contributed by atoms with E-state index >= 15 is 0 Å². The van der Waals surface area contributed by atoms with Crippen molar-refractivity contribution in [1.82, 2.24) is 9.88 Å². The van der Waals surface area contributed by atoms with E-state index in [9.17, 15) is 19.2 Å². The lowest BCUT2D eigenvalue weighted by molar-refractivity contribution is -0.139. The van der Waals surface area contributed by atoms with E-state index in [1.165, 1.54) is 19.1 Å². The predicted octanol–water partition coefficient (Wildman–Crippen LogP) is 4.10. The minimum absolute atomic E-state index is 0.0176. The fourth-order valence-corrected chi connectivity index (χ4v) is 5.19. The number of amides is 3. The molecule has 45 heavy (non-hydrogen) atoms. The monoisotopic (exact) mass is 607 g/mol. The third kappa shape index (κ3) is 6.47. The molecule has 11 heteroatoms. The number of hydrogen-bond acceptors (Lipinski definition) is 8. The quantitative estimate of drug-likeness (QED) is 0.253. The van der Waals surface area contributed by atoms with Crippen LogP contribution in [0.4, 0.5) is 17.1 Å². The number of rotatable bonds is 11. The molecule has 3 aromatic carbocycles. The minimum Gasteiger partial charge on any atom is -0.493 e. The van der Waals surface area contributed by atoms with Crippen LogP contribution in [-0.2, 0) is 20.9 Å². The lowest BCUT2D eigenvalue weighted by atomic mass is 10.0. The maximum Gasteiger partial charge on any atom is 0.299 e.